The molecule has 0 bridgehead atoms. The Hall–Kier alpha value is -1.87. The summed E-state index contributed by atoms with van der Waals surface area (Å²) in [5.41, 5.74) is 9.72. The van der Waals surface area contributed by atoms with Gasteiger partial charge in [0.2, 0.25) is 0 Å². The lowest BCUT2D eigenvalue weighted by molar-refractivity contribution is 0.247. The van der Waals surface area contributed by atoms with Gasteiger partial charge in [-0.1, -0.05) is 17.7 Å². The van der Waals surface area contributed by atoms with Gasteiger partial charge in [-0.05, 0) is 55.7 Å². The number of rotatable bonds is 6. The normalized spacial score (nSPS) is 10.5. The van der Waals surface area contributed by atoms with Crippen LogP contribution in [0.2, 0.25) is 5.02 Å². The molecule has 0 saturated carbocycles. The van der Waals surface area contributed by atoms with Crippen LogP contribution in [0.4, 0.5) is 5.69 Å². The lowest BCUT2D eigenvalue weighted by Crippen LogP contribution is -2.05. The molecule has 4 heteroatoms. The monoisotopic (exact) mass is 319 g/mol. The molecular formula is C18H22ClNO2. The molecule has 2 rings (SSSR count). The molecule has 22 heavy (non-hydrogen) atoms. The van der Waals surface area contributed by atoms with Crippen LogP contribution in [0.5, 0.6) is 11.5 Å². The maximum Gasteiger partial charge on any atom is 0.121 e. The summed E-state index contributed by atoms with van der Waals surface area (Å²) in [5, 5.41) is 0.799. The van der Waals surface area contributed by atoms with E-state index >= 15 is 0 Å². The van der Waals surface area contributed by atoms with Gasteiger partial charge in [0.15, 0.2) is 0 Å². The lowest BCUT2D eigenvalue weighted by Gasteiger charge is -2.11. The van der Waals surface area contributed by atoms with E-state index in [9.17, 15) is 0 Å². The van der Waals surface area contributed by atoms with Crippen molar-refractivity contribution in [2.75, 3.05) is 18.9 Å². The van der Waals surface area contributed by atoms with E-state index in [0.29, 0.717) is 13.2 Å². The lowest BCUT2D eigenvalue weighted by atomic mass is 10.1. The molecule has 3 nitrogen and oxygen atoms in total. The highest BCUT2D eigenvalue weighted by Gasteiger charge is 2.03. The molecule has 0 atom stereocenters. The number of hydrogen-bond donors (Lipinski definition) is 1. The van der Waals surface area contributed by atoms with Gasteiger partial charge in [0, 0.05) is 23.2 Å². The molecule has 0 aliphatic heterocycles. The van der Waals surface area contributed by atoms with Gasteiger partial charge < -0.3 is 15.2 Å². The Kier molecular flexibility index (Phi) is 5.56. The standard InChI is InChI=1S/C18H22ClNO2/c1-12-5-6-15(11-17(12)20)21-7-4-8-22-16-9-13(2)18(19)14(3)10-16/h5-6,9-11H,4,7-8,20H2,1-3H3. The van der Waals surface area contributed by atoms with E-state index < -0.39 is 0 Å². The smallest absolute Gasteiger partial charge is 0.121 e. The van der Waals surface area contributed by atoms with E-state index in [-0.39, 0.29) is 0 Å². The van der Waals surface area contributed by atoms with Crippen LogP contribution < -0.4 is 15.2 Å². The molecule has 0 saturated heterocycles. The average Bonchev–Trinajstić information content (AvgIpc) is 2.48. The molecule has 0 aliphatic rings. The van der Waals surface area contributed by atoms with Crippen LogP contribution >= 0.6 is 11.6 Å². The van der Waals surface area contributed by atoms with Crippen molar-refractivity contribution in [1.82, 2.24) is 0 Å². The minimum atomic E-state index is 0.591. The Labute approximate surface area is 137 Å². The highest BCUT2D eigenvalue weighted by Crippen LogP contribution is 2.26. The Morgan fingerprint density at radius 3 is 2.05 bits per heavy atom. The number of halogens is 1. The molecule has 0 heterocycles. The summed E-state index contributed by atoms with van der Waals surface area (Å²) in [6.07, 6.45) is 0.800. The maximum atomic E-state index is 6.14. The predicted molar refractivity (Wildman–Crippen MR) is 92.1 cm³/mol. The molecule has 2 aromatic rings. The highest BCUT2D eigenvalue weighted by atomic mass is 35.5. The summed E-state index contributed by atoms with van der Waals surface area (Å²) in [6, 6.07) is 9.65. The molecule has 0 aromatic heterocycles. The van der Waals surface area contributed by atoms with Crippen molar-refractivity contribution in [2.24, 2.45) is 0 Å². The van der Waals surface area contributed by atoms with Crippen molar-refractivity contribution in [2.45, 2.75) is 27.2 Å². The van der Waals surface area contributed by atoms with E-state index in [2.05, 4.69) is 0 Å². The second kappa shape index (κ2) is 7.41. The van der Waals surface area contributed by atoms with Crippen molar-refractivity contribution in [3.63, 3.8) is 0 Å². The Balaban J connectivity index is 1.76. The summed E-state index contributed by atoms with van der Waals surface area (Å²) >= 11 is 6.14. The minimum Gasteiger partial charge on any atom is -0.493 e. The number of anilines is 1. The fourth-order valence-electron chi connectivity index (χ4n) is 2.14. The zero-order valence-electron chi connectivity index (χ0n) is 13.3. The summed E-state index contributed by atoms with van der Waals surface area (Å²) in [6.45, 7) is 7.12. The molecule has 0 aliphatic carbocycles. The third-order valence-electron chi connectivity index (χ3n) is 3.49. The third kappa shape index (κ3) is 4.31. The first-order valence-electron chi connectivity index (χ1n) is 7.36. The first-order valence-corrected chi connectivity index (χ1v) is 7.73. The zero-order valence-corrected chi connectivity index (χ0v) is 14.0. The first-order chi connectivity index (χ1) is 10.5. The quantitative estimate of drug-likeness (QED) is 0.620. The van der Waals surface area contributed by atoms with E-state index in [0.717, 1.165) is 45.3 Å². The van der Waals surface area contributed by atoms with Crippen LogP contribution in [0.25, 0.3) is 0 Å². The predicted octanol–water partition coefficient (Wildman–Crippen LogP) is 4.70. The minimum absolute atomic E-state index is 0.591. The number of hydrogen-bond acceptors (Lipinski definition) is 3. The van der Waals surface area contributed by atoms with Crippen molar-refractivity contribution in [1.29, 1.82) is 0 Å². The van der Waals surface area contributed by atoms with Crippen LogP contribution in [0, 0.1) is 20.8 Å². The average molecular weight is 320 g/mol. The number of aryl methyl sites for hydroxylation is 3. The Morgan fingerprint density at radius 1 is 0.864 bits per heavy atom. The summed E-state index contributed by atoms with van der Waals surface area (Å²) in [7, 11) is 0. The summed E-state index contributed by atoms with van der Waals surface area (Å²) in [5.74, 6) is 1.64. The second-order valence-corrected chi connectivity index (χ2v) is 5.82. The highest BCUT2D eigenvalue weighted by molar-refractivity contribution is 6.32. The van der Waals surface area contributed by atoms with Crippen LogP contribution in [-0.4, -0.2) is 13.2 Å². The first kappa shape index (κ1) is 16.5. The molecule has 2 N–H and O–H groups in total. The van der Waals surface area contributed by atoms with Crippen molar-refractivity contribution in [3.8, 4) is 11.5 Å². The topological polar surface area (TPSA) is 44.5 Å². The molecule has 0 spiro atoms. The van der Waals surface area contributed by atoms with E-state index in [1.807, 2.05) is 51.1 Å². The van der Waals surface area contributed by atoms with Crippen molar-refractivity contribution >= 4 is 17.3 Å². The van der Waals surface area contributed by atoms with Gasteiger partial charge in [-0.15, -0.1) is 0 Å². The van der Waals surface area contributed by atoms with Crippen LogP contribution in [0.1, 0.15) is 23.1 Å². The SMILES string of the molecule is Cc1ccc(OCCCOc2cc(C)c(Cl)c(C)c2)cc1N. The molecule has 0 radical (unpaired) electrons. The van der Waals surface area contributed by atoms with Gasteiger partial charge in [-0.25, -0.2) is 0 Å². The number of nitrogen functional groups attached to an aromatic ring is 1. The Bertz CT molecular complexity index is 633. The largest absolute Gasteiger partial charge is 0.493 e. The third-order valence-corrected chi connectivity index (χ3v) is 4.08. The van der Waals surface area contributed by atoms with Gasteiger partial charge in [0.05, 0.1) is 13.2 Å². The van der Waals surface area contributed by atoms with Crippen LogP contribution in [0.15, 0.2) is 30.3 Å². The number of ether oxygens (including phenoxy) is 2. The molecule has 0 fully saturated rings. The van der Waals surface area contributed by atoms with E-state index in [4.69, 9.17) is 26.8 Å². The Morgan fingerprint density at radius 2 is 1.45 bits per heavy atom. The van der Waals surface area contributed by atoms with Gasteiger partial charge in [-0.2, -0.15) is 0 Å². The van der Waals surface area contributed by atoms with Gasteiger partial charge in [0.1, 0.15) is 11.5 Å². The maximum absolute atomic E-state index is 6.14. The molecular weight excluding hydrogens is 298 g/mol. The van der Waals surface area contributed by atoms with Gasteiger partial charge in [0.25, 0.3) is 0 Å². The van der Waals surface area contributed by atoms with Crippen molar-refractivity contribution in [3.05, 3.63) is 52.0 Å². The molecule has 0 amide bonds. The zero-order chi connectivity index (χ0) is 16.1. The van der Waals surface area contributed by atoms with Gasteiger partial charge in [-0.3, -0.25) is 0 Å². The summed E-state index contributed by atoms with van der Waals surface area (Å²) in [4.78, 5) is 0. The van der Waals surface area contributed by atoms with E-state index in [1.165, 1.54) is 0 Å². The van der Waals surface area contributed by atoms with Crippen molar-refractivity contribution < 1.29 is 9.47 Å². The van der Waals surface area contributed by atoms with Crippen LogP contribution in [0.3, 0.4) is 0 Å². The fraction of sp³-hybridized carbons (Fsp3) is 0.333. The van der Waals surface area contributed by atoms with Crippen LogP contribution in [-0.2, 0) is 0 Å². The number of nitrogens with two attached hydrogens (primary N) is 1. The number of benzene rings is 2. The molecule has 118 valence electrons. The second-order valence-electron chi connectivity index (χ2n) is 5.44. The van der Waals surface area contributed by atoms with E-state index in [1.54, 1.807) is 0 Å². The van der Waals surface area contributed by atoms with Gasteiger partial charge >= 0.3 is 0 Å². The molecule has 0 unspecified atom stereocenters. The summed E-state index contributed by atoms with van der Waals surface area (Å²) < 4.78 is 11.4. The molecule has 2 aromatic carbocycles. The fourth-order valence-corrected chi connectivity index (χ4v) is 2.25.